The Kier molecular flexibility index (Phi) is 6.33. The predicted molar refractivity (Wildman–Crippen MR) is 95.1 cm³/mol. The minimum Gasteiger partial charge on any atom is -0.489 e. The summed E-state index contributed by atoms with van der Waals surface area (Å²) in [5, 5.41) is 0. The van der Waals surface area contributed by atoms with Crippen LogP contribution in [0.3, 0.4) is 0 Å². The molecule has 2 heteroatoms. The fourth-order valence-corrected chi connectivity index (χ4v) is 3.25. The molecule has 1 nitrogen and oxygen atoms in total. The molecule has 22 heavy (non-hydrogen) atoms. The molecule has 3 rings (SSSR count). The van der Waals surface area contributed by atoms with Crippen LogP contribution in [0.5, 0.6) is 5.75 Å². The van der Waals surface area contributed by atoms with Gasteiger partial charge in [-0.25, -0.2) is 0 Å². The third kappa shape index (κ3) is 3.84. The molecule has 0 atom stereocenters. The molecule has 0 N–H and O–H groups in total. The van der Waals surface area contributed by atoms with Crippen molar-refractivity contribution in [1.29, 1.82) is 0 Å². The van der Waals surface area contributed by atoms with E-state index in [4.69, 9.17) is 4.74 Å². The zero-order valence-corrected chi connectivity index (χ0v) is 14.1. The summed E-state index contributed by atoms with van der Waals surface area (Å²) in [6, 6.07) is 15.2. The smallest absolute Gasteiger partial charge is 0.123 e. The van der Waals surface area contributed by atoms with Crippen LogP contribution in [0.4, 0.5) is 0 Å². The summed E-state index contributed by atoms with van der Waals surface area (Å²) in [4.78, 5) is 0. The maximum atomic E-state index is 6.18. The van der Waals surface area contributed by atoms with E-state index < -0.39 is 0 Å². The van der Waals surface area contributed by atoms with Gasteiger partial charge in [-0.2, -0.15) is 0 Å². The average Bonchev–Trinajstić information content (AvgIpc) is 2.54. The van der Waals surface area contributed by atoms with Crippen molar-refractivity contribution in [3.05, 3.63) is 64.7 Å². The van der Waals surface area contributed by atoms with E-state index >= 15 is 0 Å². The van der Waals surface area contributed by atoms with Crippen LogP contribution in [-0.4, -0.2) is 0 Å². The summed E-state index contributed by atoms with van der Waals surface area (Å²) < 4.78 is 6.18. The van der Waals surface area contributed by atoms with E-state index in [-0.39, 0.29) is 12.4 Å². The molecule has 0 aliphatic heterocycles. The van der Waals surface area contributed by atoms with Gasteiger partial charge in [-0.15, -0.1) is 12.4 Å². The van der Waals surface area contributed by atoms with Crippen LogP contribution in [0.1, 0.15) is 48.4 Å². The molecule has 0 unspecified atom stereocenters. The number of benzene rings is 2. The minimum absolute atomic E-state index is 0. The van der Waals surface area contributed by atoms with Gasteiger partial charge in [0.15, 0.2) is 0 Å². The van der Waals surface area contributed by atoms with Gasteiger partial charge in [0, 0.05) is 0 Å². The van der Waals surface area contributed by atoms with Gasteiger partial charge >= 0.3 is 0 Å². The van der Waals surface area contributed by atoms with Crippen LogP contribution in [-0.2, 0) is 25.9 Å². The highest BCUT2D eigenvalue weighted by Gasteiger charge is 2.14. The van der Waals surface area contributed by atoms with Crippen LogP contribution in [0, 0.1) is 0 Å². The lowest BCUT2D eigenvalue weighted by Crippen LogP contribution is -2.07. The van der Waals surface area contributed by atoms with Gasteiger partial charge in [0.2, 0.25) is 0 Å². The SMILES string of the molecule is CCCc1ccccc1COc1cccc2c1CCCC2.Cl. The van der Waals surface area contributed by atoms with E-state index in [2.05, 4.69) is 49.4 Å². The van der Waals surface area contributed by atoms with Crippen molar-refractivity contribution in [3.8, 4) is 5.75 Å². The van der Waals surface area contributed by atoms with Crippen molar-refractivity contribution in [3.63, 3.8) is 0 Å². The van der Waals surface area contributed by atoms with E-state index in [0.717, 1.165) is 12.2 Å². The lowest BCUT2D eigenvalue weighted by Gasteiger charge is -2.20. The number of hydrogen-bond donors (Lipinski definition) is 0. The number of ether oxygens (including phenoxy) is 1. The van der Waals surface area contributed by atoms with Gasteiger partial charge in [-0.3, -0.25) is 0 Å². The van der Waals surface area contributed by atoms with Crippen LogP contribution < -0.4 is 4.74 Å². The molecule has 118 valence electrons. The largest absolute Gasteiger partial charge is 0.489 e. The second kappa shape index (κ2) is 8.24. The van der Waals surface area contributed by atoms with Gasteiger partial charge in [-0.1, -0.05) is 49.7 Å². The monoisotopic (exact) mass is 316 g/mol. The average molecular weight is 317 g/mol. The van der Waals surface area contributed by atoms with Crippen molar-refractivity contribution in [1.82, 2.24) is 0 Å². The normalized spacial score (nSPS) is 13.1. The Labute approximate surface area is 140 Å². The van der Waals surface area contributed by atoms with E-state index in [0.29, 0.717) is 6.61 Å². The molecule has 2 aromatic rings. The highest BCUT2D eigenvalue weighted by molar-refractivity contribution is 5.85. The molecular weight excluding hydrogens is 292 g/mol. The molecule has 0 saturated carbocycles. The van der Waals surface area contributed by atoms with Crippen LogP contribution in [0.15, 0.2) is 42.5 Å². The fraction of sp³-hybridized carbons (Fsp3) is 0.400. The van der Waals surface area contributed by atoms with Crippen molar-refractivity contribution in [2.75, 3.05) is 0 Å². The molecule has 1 aliphatic carbocycles. The molecule has 0 radical (unpaired) electrons. The molecule has 0 amide bonds. The Morgan fingerprint density at radius 2 is 1.68 bits per heavy atom. The first kappa shape index (κ1) is 16.9. The number of aryl methyl sites for hydroxylation is 2. The number of hydrogen-bond acceptors (Lipinski definition) is 1. The van der Waals surface area contributed by atoms with Crippen molar-refractivity contribution < 1.29 is 4.74 Å². The molecule has 2 aromatic carbocycles. The molecule has 0 saturated heterocycles. The molecule has 0 fully saturated rings. The molecular formula is C20H25ClO. The Morgan fingerprint density at radius 3 is 2.50 bits per heavy atom. The maximum Gasteiger partial charge on any atom is 0.123 e. The van der Waals surface area contributed by atoms with Gasteiger partial charge < -0.3 is 4.74 Å². The second-order valence-corrected chi connectivity index (χ2v) is 5.91. The van der Waals surface area contributed by atoms with E-state index in [1.165, 1.54) is 54.4 Å². The standard InChI is InChI=1S/C20H24O.ClH/c1-2-8-16-9-3-4-11-18(16)15-21-20-14-7-12-17-10-5-6-13-19(17)20;/h3-4,7,9,11-12,14H,2,5-6,8,10,13,15H2,1H3;1H. The van der Waals surface area contributed by atoms with Crippen LogP contribution in [0.25, 0.3) is 0 Å². The highest BCUT2D eigenvalue weighted by atomic mass is 35.5. The third-order valence-corrected chi connectivity index (χ3v) is 4.37. The quantitative estimate of drug-likeness (QED) is 0.706. The zero-order chi connectivity index (χ0) is 14.5. The zero-order valence-electron chi connectivity index (χ0n) is 13.3. The maximum absolute atomic E-state index is 6.18. The summed E-state index contributed by atoms with van der Waals surface area (Å²) in [6.45, 7) is 2.91. The summed E-state index contributed by atoms with van der Waals surface area (Å²) >= 11 is 0. The second-order valence-electron chi connectivity index (χ2n) is 5.91. The summed E-state index contributed by atoms with van der Waals surface area (Å²) in [5.74, 6) is 1.10. The first-order chi connectivity index (χ1) is 10.4. The van der Waals surface area contributed by atoms with E-state index in [9.17, 15) is 0 Å². The summed E-state index contributed by atoms with van der Waals surface area (Å²) in [6.07, 6.45) is 7.29. The lowest BCUT2D eigenvalue weighted by molar-refractivity contribution is 0.300. The van der Waals surface area contributed by atoms with Gasteiger partial charge in [-0.05, 0) is 60.4 Å². The minimum atomic E-state index is 0. The highest BCUT2D eigenvalue weighted by Crippen LogP contribution is 2.30. The van der Waals surface area contributed by atoms with Gasteiger partial charge in [0.05, 0.1) is 0 Å². The van der Waals surface area contributed by atoms with Crippen molar-refractivity contribution in [2.24, 2.45) is 0 Å². The Morgan fingerprint density at radius 1 is 0.909 bits per heavy atom. The van der Waals surface area contributed by atoms with Crippen LogP contribution >= 0.6 is 12.4 Å². The first-order valence-electron chi connectivity index (χ1n) is 8.19. The van der Waals surface area contributed by atoms with Crippen molar-refractivity contribution >= 4 is 12.4 Å². The summed E-state index contributed by atoms with van der Waals surface area (Å²) in [7, 11) is 0. The fourth-order valence-electron chi connectivity index (χ4n) is 3.25. The molecule has 1 aliphatic rings. The van der Waals surface area contributed by atoms with Crippen LogP contribution in [0.2, 0.25) is 0 Å². The number of rotatable bonds is 5. The summed E-state index contributed by atoms with van der Waals surface area (Å²) in [5.41, 5.74) is 5.68. The Bertz CT molecular complexity index is 606. The van der Waals surface area contributed by atoms with E-state index in [1.54, 1.807) is 0 Å². The lowest BCUT2D eigenvalue weighted by atomic mass is 9.91. The Balaban J connectivity index is 0.00000176. The molecule has 0 spiro atoms. The number of fused-ring (bicyclic) bond motifs is 1. The van der Waals surface area contributed by atoms with Crippen molar-refractivity contribution in [2.45, 2.75) is 52.1 Å². The topological polar surface area (TPSA) is 9.23 Å². The van der Waals surface area contributed by atoms with E-state index in [1.807, 2.05) is 0 Å². The van der Waals surface area contributed by atoms with Gasteiger partial charge in [0.25, 0.3) is 0 Å². The molecule has 0 aromatic heterocycles. The third-order valence-electron chi connectivity index (χ3n) is 4.37. The first-order valence-corrected chi connectivity index (χ1v) is 8.19. The Hall–Kier alpha value is -1.47. The van der Waals surface area contributed by atoms with Gasteiger partial charge in [0.1, 0.15) is 12.4 Å². The molecule has 0 bridgehead atoms. The predicted octanol–water partition coefficient (Wildman–Crippen LogP) is 5.52. The number of halogens is 1. The molecule has 0 heterocycles.